The van der Waals surface area contributed by atoms with E-state index in [0.717, 1.165) is 4.90 Å². The Morgan fingerprint density at radius 2 is 2.33 bits per heavy atom. The molecule has 0 fully saturated rings. The van der Waals surface area contributed by atoms with Crippen LogP contribution < -0.4 is 0 Å². The monoisotopic (exact) mass is 141 g/mol. The predicted octanol–water partition coefficient (Wildman–Crippen LogP) is 2.35. The molecule has 1 aromatic carbocycles. The van der Waals surface area contributed by atoms with Gasteiger partial charge in [-0.1, -0.05) is 6.07 Å². The summed E-state index contributed by atoms with van der Waals surface area (Å²) in [6, 6.07) is 7.45. The zero-order valence-electron chi connectivity index (χ0n) is 5.02. The van der Waals surface area contributed by atoms with E-state index in [2.05, 4.69) is 6.07 Å². The van der Waals surface area contributed by atoms with Gasteiger partial charge in [0.1, 0.15) is 5.82 Å². The maximum absolute atomic E-state index is 12.3. The Morgan fingerprint density at radius 1 is 1.56 bits per heavy atom. The van der Waals surface area contributed by atoms with Crippen molar-refractivity contribution in [3.8, 4) is 0 Å². The van der Waals surface area contributed by atoms with Crippen LogP contribution in [0.4, 0.5) is 4.39 Å². The molecule has 1 aromatic rings. The first-order chi connectivity index (χ1) is 4.33. The first-order valence-electron chi connectivity index (χ1n) is 2.55. The zero-order chi connectivity index (χ0) is 6.69. The minimum atomic E-state index is -0.290. The van der Waals surface area contributed by atoms with Crippen LogP contribution in [0.15, 0.2) is 23.1 Å². The maximum Gasteiger partial charge on any atom is 0.132 e. The van der Waals surface area contributed by atoms with Crippen molar-refractivity contribution in [3.05, 3.63) is 30.1 Å². The molecule has 0 aliphatic carbocycles. The number of hydrogen-bond donors (Lipinski definition) is 0. The van der Waals surface area contributed by atoms with Crippen molar-refractivity contribution in [1.29, 1.82) is 0 Å². The third-order valence-corrected chi connectivity index (χ3v) is 1.63. The van der Waals surface area contributed by atoms with Gasteiger partial charge in [-0.3, -0.25) is 0 Å². The molecule has 1 radical (unpaired) electrons. The molecule has 0 amide bonds. The summed E-state index contributed by atoms with van der Waals surface area (Å²) in [6.45, 7) is 0. The van der Waals surface area contributed by atoms with Crippen LogP contribution >= 0.6 is 11.8 Å². The summed E-state index contributed by atoms with van der Waals surface area (Å²) in [7, 11) is 0. The van der Waals surface area contributed by atoms with Crippen molar-refractivity contribution in [1.82, 2.24) is 0 Å². The fourth-order valence-corrected chi connectivity index (χ4v) is 0.954. The molecule has 0 atom stereocenters. The predicted molar refractivity (Wildman–Crippen MR) is 37.0 cm³/mol. The molecule has 0 spiro atoms. The molecule has 9 heavy (non-hydrogen) atoms. The minimum absolute atomic E-state index is 0.290. The molecule has 1 rings (SSSR count). The lowest BCUT2D eigenvalue weighted by atomic mass is 10.4. The number of halogens is 1. The number of hydrogen-bond acceptors (Lipinski definition) is 1. The van der Waals surface area contributed by atoms with E-state index >= 15 is 0 Å². The van der Waals surface area contributed by atoms with Crippen LogP contribution in [0.3, 0.4) is 0 Å². The van der Waals surface area contributed by atoms with E-state index in [9.17, 15) is 4.39 Å². The lowest BCUT2D eigenvalue weighted by molar-refractivity contribution is 0.621. The topological polar surface area (TPSA) is 0 Å². The van der Waals surface area contributed by atoms with Gasteiger partial charge in [0.05, 0.1) is 0 Å². The maximum atomic E-state index is 12.3. The highest BCUT2D eigenvalue weighted by atomic mass is 32.2. The molecule has 0 aromatic heterocycles. The average Bonchev–Trinajstić information content (AvgIpc) is 1.88. The fraction of sp³-hybridized carbons (Fsp3) is 0.143. The molecule has 0 unspecified atom stereocenters. The molecule has 0 nitrogen and oxygen atoms in total. The molecular weight excluding hydrogens is 135 g/mol. The van der Waals surface area contributed by atoms with E-state index in [4.69, 9.17) is 0 Å². The standard InChI is InChI=1S/C7H6FS/c1-9-7-4-2-3-6(8)5-7/h2-4H,1H3. The Bertz CT molecular complexity index is 198. The van der Waals surface area contributed by atoms with Gasteiger partial charge in [-0.05, 0) is 18.4 Å². The Hall–Kier alpha value is -0.500. The Labute approximate surface area is 58.1 Å². The second-order valence-corrected chi connectivity index (χ2v) is 2.42. The first-order valence-corrected chi connectivity index (χ1v) is 3.77. The van der Waals surface area contributed by atoms with Gasteiger partial charge >= 0.3 is 0 Å². The zero-order valence-corrected chi connectivity index (χ0v) is 5.83. The van der Waals surface area contributed by atoms with Gasteiger partial charge in [0, 0.05) is 11.0 Å². The number of rotatable bonds is 1. The van der Waals surface area contributed by atoms with Crippen molar-refractivity contribution >= 4 is 11.8 Å². The van der Waals surface area contributed by atoms with Gasteiger partial charge in [0.2, 0.25) is 0 Å². The smallest absolute Gasteiger partial charge is 0.132 e. The summed E-state index contributed by atoms with van der Waals surface area (Å²) in [5.41, 5.74) is 0. The normalized spacial score (nSPS) is 9.56. The van der Waals surface area contributed by atoms with Crippen LogP contribution in [0.1, 0.15) is 0 Å². The lowest BCUT2D eigenvalue weighted by Gasteiger charge is -1.91. The van der Waals surface area contributed by atoms with Crippen molar-refractivity contribution in [2.45, 2.75) is 4.90 Å². The molecule has 0 heterocycles. The van der Waals surface area contributed by atoms with Gasteiger partial charge in [-0.15, -0.1) is 11.8 Å². The van der Waals surface area contributed by atoms with E-state index in [1.165, 1.54) is 17.8 Å². The van der Waals surface area contributed by atoms with E-state index in [0.29, 0.717) is 0 Å². The van der Waals surface area contributed by atoms with Gasteiger partial charge in [0.25, 0.3) is 0 Å². The molecule has 0 aliphatic heterocycles. The highest BCUT2D eigenvalue weighted by Gasteiger charge is 1.90. The summed E-state index contributed by atoms with van der Waals surface area (Å²) in [4.78, 5) is 0.843. The Kier molecular flexibility index (Phi) is 2.11. The van der Waals surface area contributed by atoms with E-state index in [1.54, 1.807) is 6.07 Å². The number of benzene rings is 1. The largest absolute Gasteiger partial charge is 0.206 e. The van der Waals surface area contributed by atoms with Gasteiger partial charge in [0.15, 0.2) is 0 Å². The summed E-state index contributed by atoms with van der Waals surface area (Å²) in [5, 5.41) is 0. The van der Waals surface area contributed by atoms with Gasteiger partial charge in [-0.2, -0.15) is 0 Å². The fourth-order valence-electron chi connectivity index (χ4n) is 0.540. The third kappa shape index (κ3) is 1.72. The number of thioether (sulfide) groups is 1. The Morgan fingerprint density at radius 3 is 2.78 bits per heavy atom. The molecular formula is C7H6FS. The van der Waals surface area contributed by atoms with Crippen LogP contribution in [-0.2, 0) is 0 Å². The first kappa shape index (κ1) is 6.62. The quantitative estimate of drug-likeness (QED) is 0.541. The molecule has 0 aliphatic rings. The SMILES string of the molecule is CSc1[c]c(F)ccc1. The second-order valence-electron chi connectivity index (χ2n) is 1.57. The van der Waals surface area contributed by atoms with Crippen molar-refractivity contribution in [2.24, 2.45) is 0 Å². The van der Waals surface area contributed by atoms with Crippen LogP contribution in [0.2, 0.25) is 0 Å². The second kappa shape index (κ2) is 2.87. The molecule has 0 saturated carbocycles. The highest BCUT2D eigenvalue weighted by Crippen LogP contribution is 2.13. The van der Waals surface area contributed by atoms with Crippen LogP contribution in [-0.4, -0.2) is 6.26 Å². The lowest BCUT2D eigenvalue weighted by Crippen LogP contribution is -1.73. The Balaban J connectivity index is 2.94. The summed E-state index contributed by atoms with van der Waals surface area (Å²) in [6.07, 6.45) is 1.89. The van der Waals surface area contributed by atoms with Gasteiger partial charge < -0.3 is 0 Å². The van der Waals surface area contributed by atoms with Crippen LogP contribution in [0.25, 0.3) is 0 Å². The van der Waals surface area contributed by atoms with E-state index in [-0.39, 0.29) is 5.82 Å². The van der Waals surface area contributed by atoms with Crippen molar-refractivity contribution in [3.63, 3.8) is 0 Å². The van der Waals surface area contributed by atoms with Crippen molar-refractivity contribution in [2.75, 3.05) is 6.26 Å². The molecule has 2 heteroatoms. The van der Waals surface area contributed by atoms with E-state index in [1.807, 2.05) is 12.3 Å². The summed E-state index contributed by atoms with van der Waals surface area (Å²) in [5.74, 6) is -0.290. The molecule has 0 saturated heterocycles. The van der Waals surface area contributed by atoms with Crippen LogP contribution in [0, 0.1) is 11.9 Å². The average molecular weight is 141 g/mol. The summed E-state index contributed by atoms with van der Waals surface area (Å²) >= 11 is 1.49. The van der Waals surface area contributed by atoms with E-state index < -0.39 is 0 Å². The van der Waals surface area contributed by atoms with Crippen molar-refractivity contribution < 1.29 is 4.39 Å². The highest BCUT2D eigenvalue weighted by molar-refractivity contribution is 7.98. The minimum Gasteiger partial charge on any atom is -0.206 e. The van der Waals surface area contributed by atoms with Crippen LogP contribution in [0.5, 0.6) is 0 Å². The molecule has 0 N–H and O–H groups in total. The third-order valence-electron chi connectivity index (χ3n) is 0.953. The van der Waals surface area contributed by atoms with Gasteiger partial charge in [-0.25, -0.2) is 4.39 Å². The summed E-state index contributed by atoms with van der Waals surface area (Å²) < 4.78 is 12.3. The molecule has 47 valence electrons. The molecule has 0 bridgehead atoms.